The zero-order valence-corrected chi connectivity index (χ0v) is 12.7. The minimum absolute atomic E-state index is 0.228. The predicted octanol–water partition coefficient (Wildman–Crippen LogP) is 2.33. The fourth-order valence-electron chi connectivity index (χ4n) is 1.79. The van der Waals surface area contributed by atoms with E-state index in [1.807, 2.05) is 6.92 Å². The predicted molar refractivity (Wildman–Crippen MR) is 81.2 cm³/mol. The molecule has 0 atom stereocenters. The smallest absolute Gasteiger partial charge is 0.239 e. The van der Waals surface area contributed by atoms with E-state index in [-0.39, 0.29) is 17.9 Å². The molecule has 0 heterocycles. The summed E-state index contributed by atoms with van der Waals surface area (Å²) in [6, 6.07) is 7.34. The SMILES string of the molecule is CCOc1ccc(NC(=O)C(C)(C)C(=O)NC2CC2)cc1. The topological polar surface area (TPSA) is 67.4 Å². The second kappa shape index (κ2) is 6.16. The minimum atomic E-state index is -1.10. The van der Waals surface area contributed by atoms with Crippen LogP contribution in [-0.2, 0) is 9.59 Å². The molecule has 1 aromatic carbocycles. The summed E-state index contributed by atoms with van der Waals surface area (Å²) in [6.45, 7) is 5.78. The number of carbonyl (C=O) groups excluding carboxylic acids is 2. The van der Waals surface area contributed by atoms with E-state index >= 15 is 0 Å². The third-order valence-corrected chi connectivity index (χ3v) is 3.47. The van der Waals surface area contributed by atoms with Gasteiger partial charge in [-0.05, 0) is 57.9 Å². The molecule has 0 radical (unpaired) electrons. The van der Waals surface area contributed by atoms with Gasteiger partial charge in [0.25, 0.3) is 0 Å². The molecular weight excluding hydrogens is 268 g/mol. The summed E-state index contributed by atoms with van der Waals surface area (Å²) in [6.07, 6.45) is 2.00. The molecule has 21 heavy (non-hydrogen) atoms. The monoisotopic (exact) mass is 290 g/mol. The van der Waals surface area contributed by atoms with Gasteiger partial charge in [-0.3, -0.25) is 9.59 Å². The number of anilines is 1. The van der Waals surface area contributed by atoms with Crippen LogP contribution in [0.1, 0.15) is 33.6 Å². The van der Waals surface area contributed by atoms with E-state index in [1.165, 1.54) is 0 Å². The van der Waals surface area contributed by atoms with Crippen LogP contribution in [0.3, 0.4) is 0 Å². The summed E-state index contributed by atoms with van der Waals surface area (Å²) in [5.74, 6) is 0.208. The summed E-state index contributed by atoms with van der Waals surface area (Å²) in [7, 11) is 0. The molecule has 0 unspecified atom stereocenters. The van der Waals surface area contributed by atoms with Gasteiger partial charge in [-0.1, -0.05) is 0 Å². The molecule has 0 bridgehead atoms. The van der Waals surface area contributed by atoms with Gasteiger partial charge in [-0.2, -0.15) is 0 Å². The maximum absolute atomic E-state index is 12.3. The summed E-state index contributed by atoms with van der Waals surface area (Å²) in [5, 5.41) is 5.64. The molecule has 2 rings (SSSR count). The second-order valence-electron chi connectivity index (χ2n) is 5.78. The van der Waals surface area contributed by atoms with Gasteiger partial charge in [0.05, 0.1) is 6.61 Å². The standard InChI is InChI=1S/C16H22N2O3/c1-4-21-13-9-7-12(8-10-13)18-15(20)16(2,3)14(19)17-11-5-6-11/h7-11H,4-6H2,1-3H3,(H,17,19)(H,18,20). The molecule has 0 aromatic heterocycles. The minimum Gasteiger partial charge on any atom is -0.494 e. The summed E-state index contributed by atoms with van der Waals surface area (Å²) in [5.41, 5.74) is -0.447. The Morgan fingerprint density at radius 2 is 1.81 bits per heavy atom. The van der Waals surface area contributed by atoms with E-state index in [4.69, 9.17) is 4.74 Å². The van der Waals surface area contributed by atoms with Gasteiger partial charge >= 0.3 is 0 Å². The van der Waals surface area contributed by atoms with Crippen LogP contribution in [0.4, 0.5) is 5.69 Å². The number of rotatable bonds is 6. The molecule has 5 heteroatoms. The first kappa shape index (κ1) is 15.4. The molecule has 1 saturated carbocycles. The van der Waals surface area contributed by atoms with Crippen LogP contribution in [0.25, 0.3) is 0 Å². The van der Waals surface area contributed by atoms with Gasteiger partial charge in [-0.15, -0.1) is 0 Å². The Labute approximate surface area is 125 Å². The maximum atomic E-state index is 12.3. The Morgan fingerprint density at radius 1 is 1.19 bits per heavy atom. The van der Waals surface area contributed by atoms with Gasteiger partial charge in [0.15, 0.2) is 0 Å². The fraction of sp³-hybridized carbons (Fsp3) is 0.500. The highest BCUT2D eigenvalue weighted by atomic mass is 16.5. The van der Waals surface area contributed by atoms with Crippen molar-refractivity contribution in [2.75, 3.05) is 11.9 Å². The zero-order valence-electron chi connectivity index (χ0n) is 12.7. The van der Waals surface area contributed by atoms with Crippen molar-refractivity contribution >= 4 is 17.5 Å². The van der Waals surface area contributed by atoms with Crippen molar-refractivity contribution < 1.29 is 14.3 Å². The number of benzene rings is 1. The van der Waals surface area contributed by atoms with E-state index in [0.29, 0.717) is 12.3 Å². The first-order valence-electron chi connectivity index (χ1n) is 7.28. The number of hydrogen-bond donors (Lipinski definition) is 2. The van der Waals surface area contributed by atoms with Crippen LogP contribution in [-0.4, -0.2) is 24.5 Å². The lowest BCUT2D eigenvalue weighted by atomic mass is 9.91. The highest BCUT2D eigenvalue weighted by Crippen LogP contribution is 2.24. The Kier molecular flexibility index (Phi) is 4.50. The second-order valence-corrected chi connectivity index (χ2v) is 5.78. The number of hydrogen-bond acceptors (Lipinski definition) is 3. The largest absolute Gasteiger partial charge is 0.494 e. The van der Waals surface area contributed by atoms with E-state index < -0.39 is 5.41 Å². The third kappa shape index (κ3) is 3.97. The van der Waals surface area contributed by atoms with E-state index in [0.717, 1.165) is 18.6 Å². The molecule has 1 aliphatic carbocycles. The van der Waals surface area contributed by atoms with Gasteiger partial charge < -0.3 is 15.4 Å². The van der Waals surface area contributed by atoms with Crippen LogP contribution >= 0.6 is 0 Å². The molecule has 0 spiro atoms. The van der Waals surface area contributed by atoms with Crippen molar-refractivity contribution in [1.29, 1.82) is 0 Å². The molecule has 114 valence electrons. The van der Waals surface area contributed by atoms with Crippen LogP contribution < -0.4 is 15.4 Å². The summed E-state index contributed by atoms with van der Waals surface area (Å²) < 4.78 is 5.35. The van der Waals surface area contributed by atoms with Crippen molar-refractivity contribution in [2.45, 2.75) is 39.7 Å². The van der Waals surface area contributed by atoms with Crippen LogP contribution in [0.2, 0.25) is 0 Å². The first-order chi connectivity index (χ1) is 9.93. The normalized spacial score (nSPS) is 14.4. The molecule has 2 amide bonds. The number of nitrogens with one attached hydrogen (secondary N) is 2. The van der Waals surface area contributed by atoms with E-state index in [2.05, 4.69) is 10.6 Å². The Balaban J connectivity index is 1.96. The number of ether oxygens (including phenoxy) is 1. The number of carbonyl (C=O) groups is 2. The molecule has 2 N–H and O–H groups in total. The van der Waals surface area contributed by atoms with Crippen LogP contribution in [0.5, 0.6) is 5.75 Å². The quantitative estimate of drug-likeness (QED) is 0.790. The molecule has 5 nitrogen and oxygen atoms in total. The van der Waals surface area contributed by atoms with Crippen LogP contribution in [0.15, 0.2) is 24.3 Å². The van der Waals surface area contributed by atoms with E-state index in [1.54, 1.807) is 38.1 Å². The van der Waals surface area contributed by atoms with Gasteiger partial charge in [0.2, 0.25) is 11.8 Å². The Hall–Kier alpha value is -2.04. The van der Waals surface area contributed by atoms with Crippen LogP contribution in [0, 0.1) is 5.41 Å². The van der Waals surface area contributed by atoms with Crippen molar-refractivity contribution in [3.05, 3.63) is 24.3 Å². The average Bonchev–Trinajstić information content (AvgIpc) is 3.25. The van der Waals surface area contributed by atoms with Gasteiger partial charge in [-0.25, -0.2) is 0 Å². The van der Waals surface area contributed by atoms with Crippen molar-refractivity contribution in [2.24, 2.45) is 5.41 Å². The summed E-state index contributed by atoms with van der Waals surface area (Å²) in [4.78, 5) is 24.4. The highest BCUT2D eigenvalue weighted by molar-refractivity contribution is 6.09. The molecule has 1 fully saturated rings. The van der Waals surface area contributed by atoms with Crippen molar-refractivity contribution in [1.82, 2.24) is 5.32 Å². The first-order valence-corrected chi connectivity index (χ1v) is 7.28. The maximum Gasteiger partial charge on any atom is 0.239 e. The van der Waals surface area contributed by atoms with Crippen molar-refractivity contribution in [3.63, 3.8) is 0 Å². The highest BCUT2D eigenvalue weighted by Gasteiger charge is 2.38. The van der Waals surface area contributed by atoms with E-state index in [9.17, 15) is 9.59 Å². The molecular formula is C16H22N2O3. The van der Waals surface area contributed by atoms with Gasteiger partial charge in [0, 0.05) is 11.7 Å². The molecule has 1 aromatic rings. The Bertz CT molecular complexity index is 519. The Morgan fingerprint density at radius 3 is 2.33 bits per heavy atom. The van der Waals surface area contributed by atoms with Crippen molar-refractivity contribution in [3.8, 4) is 5.75 Å². The summed E-state index contributed by atoms with van der Waals surface area (Å²) >= 11 is 0. The lowest BCUT2D eigenvalue weighted by Crippen LogP contribution is -2.45. The molecule has 0 saturated heterocycles. The zero-order chi connectivity index (χ0) is 15.5. The lowest BCUT2D eigenvalue weighted by Gasteiger charge is -2.22. The average molecular weight is 290 g/mol. The third-order valence-electron chi connectivity index (χ3n) is 3.47. The lowest BCUT2D eigenvalue weighted by molar-refractivity contribution is -0.138. The molecule has 0 aliphatic heterocycles. The van der Waals surface area contributed by atoms with Gasteiger partial charge in [0.1, 0.15) is 11.2 Å². The number of amides is 2. The molecule has 1 aliphatic rings. The fourth-order valence-corrected chi connectivity index (χ4v) is 1.79.